The Balaban J connectivity index is 1.82. The zero-order chi connectivity index (χ0) is 22.0. The van der Waals surface area contributed by atoms with Crippen molar-refractivity contribution in [1.82, 2.24) is 4.98 Å². The van der Waals surface area contributed by atoms with E-state index in [0.717, 1.165) is 0 Å². The number of benzene rings is 3. The second kappa shape index (κ2) is 8.67. The molecular formula is C22H12Br2N2O4S. The summed E-state index contributed by atoms with van der Waals surface area (Å²) < 4.78 is 37.7. The summed E-state index contributed by atoms with van der Waals surface area (Å²) >= 11 is 6.73. The molecule has 0 N–H and O–H groups in total. The van der Waals surface area contributed by atoms with Gasteiger partial charge in [0.05, 0.1) is 4.47 Å². The van der Waals surface area contributed by atoms with E-state index < -0.39 is 10.1 Å². The lowest BCUT2D eigenvalue weighted by Gasteiger charge is -2.12. The molecule has 0 radical (unpaired) electrons. The van der Waals surface area contributed by atoms with Crippen molar-refractivity contribution < 1.29 is 17.0 Å². The molecule has 1 aromatic heterocycles. The van der Waals surface area contributed by atoms with Gasteiger partial charge in [-0.1, -0.05) is 46.3 Å². The Hall–Kier alpha value is -2.93. The molecule has 31 heavy (non-hydrogen) atoms. The number of nitrogens with zero attached hydrogens (tertiary/aromatic N) is 2. The third kappa shape index (κ3) is 4.56. The number of hydrogen-bond donors (Lipinski definition) is 0. The summed E-state index contributed by atoms with van der Waals surface area (Å²) in [6.07, 6.45) is 1.47. The van der Waals surface area contributed by atoms with E-state index in [9.17, 15) is 13.7 Å². The van der Waals surface area contributed by atoms with Gasteiger partial charge in [-0.2, -0.15) is 13.7 Å². The first-order chi connectivity index (χ1) is 14.9. The van der Waals surface area contributed by atoms with Gasteiger partial charge in [0.2, 0.25) is 5.89 Å². The Kier molecular flexibility index (Phi) is 5.96. The van der Waals surface area contributed by atoms with Gasteiger partial charge in [0.25, 0.3) is 0 Å². The van der Waals surface area contributed by atoms with Crippen LogP contribution in [0.1, 0.15) is 11.5 Å². The Morgan fingerprint density at radius 3 is 2.48 bits per heavy atom. The quantitative estimate of drug-likeness (QED) is 0.214. The summed E-state index contributed by atoms with van der Waals surface area (Å²) in [6, 6.07) is 20.3. The lowest BCUT2D eigenvalue weighted by Crippen LogP contribution is -2.10. The molecule has 3 aromatic carbocycles. The van der Waals surface area contributed by atoms with Crippen LogP contribution >= 0.6 is 31.9 Å². The van der Waals surface area contributed by atoms with Crippen LogP contribution in [-0.2, 0) is 10.1 Å². The van der Waals surface area contributed by atoms with E-state index in [-0.39, 0.29) is 22.1 Å². The minimum Gasteiger partial charge on any atom is -0.435 e. The maximum atomic E-state index is 12.8. The number of allylic oxidation sites excluding steroid dienone is 1. The fourth-order valence-electron chi connectivity index (χ4n) is 2.81. The first kappa shape index (κ1) is 21.3. The van der Waals surface area contributed by atoms with Gasteiger partial charge in [-0.25, -0.2) is 4.98 Å². The summed E-state index contributed by atoms with van der Waals surface area (Å²) in [5.41, 5.74) is 1.61. The van der Waals surface area contributed by atoms with Gasteiger partial charge >= 0.3 is 10.1 Å². The summed E-state index contributed by atoms with van der Waals surface area (Å²) in [6.45, 7) is 0. The van der Waals surface area contributed by atoms with Crippen LogP contribution < -0.4 is 4.18 Å². The Morgan fingerprint density at radius 1 is 1.06 bits per heavy atom. The molecule has 0 bridgehead atoms. The van der Waals surface area contributed by atoms with Gasteiger partial charge < -0.3 is 8.60 Å². The van der Waals surface area contributed by atoms with Crippen LogP contribution in [0.3, 0.4) is 0 Å². The van der Waals surface area contributed by atoms with Gasteiger partial charge in [0.1, 0.15) is 22.1 Å². The van der Waals surface area contributed by atoms with E-state index in [2.05, 4.69) is 42.9 Å². The SMILES string of the molecule is N#C/C(=C\c1cc(Br)cc(Br)c1OS(=O)(=O)c1ccccc1)c1nc2ccccc2o1. The fourth-order valence-corrected chi connectivity index (χ4v) is 5.24. The number of halogens is 2. The predicted octanol–water partition coefficient (Wildman–Crippen LogP) is 6.18. The molecule has 6 nitrogen and oxygen atoms in total. The second-order valence-electron chi connectivity index (χ2n) is 6.31. The molecule has 4 aromatic rings. The van der Waals surface area contributed by atoms with Crippen LogP contribution in [0.4, 0.5) is 0 Å². The van der Waals surface area contributed by atoms with Gasteiger partial charge in [-0.3, -0.25) is 0 Å². The fraction of sp³-hybridized carbons (Fsp3) is 0. The van der Waals surface area contributed by atoms with Crippen molar-refractivity contribution in [2.45, 2.75) is 4.90 Å². The number of hydrogen-bond acceptors (Lipinski definition) is 6. The number of fused-ring (bicyclic) bond motifs is 1. The average molecular weight is 560 g/mol. The molecule has 0 atom stereocenters. The molecule has 154 valence electrons. The van der Waals surface area contributed by atoms with Crippen molar-refractivity contribution in [3.63, 3.8) is 0 Å². The molecule has 0 saturated heterocycles. The van der Waals surface area contributed by atoms with Crippen LogP contribution in [0.5, 0.6) is 5.75 Å². The van der Waals surface area contributed by atoms with E-state index in [0.29, 0.717) is 25.6 Å². The average Bonchev–Trinajstić information content (AvgIpc) is 3.19. The molecule has 9 heteroatoms. The largest absolute Gasteiger partial charge is 0.435 e. The third-order valence-corrected chi connectivity index (χ3v) is 6.49. The topological polar surface area (TPSA) is 93.2 Å². The molecule has 0 aliphatic heterocycles. The van der Waals surface area contributed by atoms with E-state index in [4.69, 9.17) is 8.60 Å². The van der Waals surface area contributed by atoms with Crippen molar-refractivity contribution in [3.8, 4) is 11.8 Å². The maximum absolute atomic E-state index is 12.8. The summed E-state index contributed by atoms with van der Waals surface area (Å²) in [5, 5.41) is 9.71. The molecule has 0 unspecified atom stereocenters. The minimum absolute atomic E-state index is 0.0132. The Morgan fingerprint density at radius 2 is 1.77 bits per heavy atom. The summed E-state index contributed by atoms with van der Waals surface area (Å²) in [5.74, 6) is 0.160. The maximum Gasteiger partial charge on any atom is 0.339 e. The Bertz CT molecular complexity index is 1420. The number of oxazole rings is 1. The highest BCUT2D eigenvalue weighted by molar-refractivity contribution is 9.11. The van der Waals surface area contributed by atoms with Crippen LogP contribution in [0.15, 0.2) is 85.0 Å². The lowest BCUT2D eigenvalue weighted by atomic mass is 10.1. The van der Waals surface area contributed by atoms with E-state index >= 15 is 0 Å². The highest BCUT2D eigenvalue weighted by Crippen LogP contribution is 2.37. The first-order valence-corrected chi connectivity index (χ1v) is 11.8. The van der Waals surface area contributed by atoms with E-state index in [1.54, 1.807) is 48.5 Å². The summed E-state index contributed by atoms with van der Waals surface area (Å²) in [7, 11) is -4.10. The third-order valence-electron chi connectivity index (χ3n) is 4.21. The van der Waals surface area contributed by atoms with Crippen LogP contribution in [0.25, 0.3) is 22.7 Å². The van der Waals surface area contributed by atoms with Gasteiger partial charge in [0, 0.05) is 10.0 Å². The number of aromatic nitrogens is 1. The molecular weight excluding hydrogens is 548 g/mol. The minimum atomic E-state index is -4.10. The van der Waals surface area contributed by atoms with E-state index in [1.807, 2.05) is 6.07 Å². The predicted molar refractivity (Wildman–Crippen MR) is 124 cm³/mol. The first-order valence-electron chi connectivity index (χ1n) is 8.84. The highest BCUT2D eigenvalue weighted by atomic mass is 79.9. The van der Waals surface area contributed by atoms with Crippen LogP contribution in [0, 0.1) is 11.3 Å². The van der Waals surface area contributed by atoms with Crippen molar-refractivity contribution >= 4 is 64.7 Å². The van der Waals surface area contributed by atoms with Gasteiger partial charge in [0.15, 0.2) is 11.3 Å². The monoisotopic (exact) mass is 558 g/mol. The van der Waals surface area contributed by atoms with Gasteiger partial charge in [-0.15, -0.1) is 0 Å². The number of nitriles is 1. The van der Waals surface area contributed by atoms with Crippen LogP contribution in [-0.4, -0.2) is 13.4 Å². The highest BCUT2D eigenvalue weighted by Gasteiger charge is 2.21. The molecule has 0 saturated carbocycles. The number of para-hydroxylation sites is 2. The van der Waals surface area contributed by atoms with Crippen LogP contribution in [0.2, 0.25) is 0 Å². The van der Waals surface area contributed by atoms with Crippen molar-refractivity contribution in [2.75, 3.05) is 0 Å². The van der Waals surface area contributed by atoms with Crippen molar-refractivity contribution in [1.29, 1.82) is 5.26 Å². The zero-order valence-corrected chi connectivity index (χ0v) is 19.6. The lowest BCUT2D eigenvalue weighted by molar-refractivity contribution is 0.484. The second-order valence-corrected chi connectivity index (χ2v) is 9.63. The summed E-state index contributed by atoms with van der Waals surface area (Å²) in [4.78, 5) is 4.35. The normalized spacial score (nSPS) is 12.0. The molecule has 1 heterocycles. The standard InChI is InChI=1S/C22H12Br2N2O4S/c23-16-11-14(10-15(13-25)22-26-19-8-4-5-9-20(19)29-22)21(18(24)12-16)30-31(27,28)17-6-2-1-3-7-17/h1-12H/b15-10+. The molecule has 0 fully saturated rings. The molecule has 0 aliphatic carbocycles. The molecule has 0 spiro atoms. The molecule has 4 rings (SSSR count). The van der Waals surface area contributed by atoms with Gasteiger partial charge in [-0.05, 0) is 58.4 Å². The Labute approximate surface area is 195 Å². The number of rotatable bonds is 5. The zero-order valence-electron chi connectivity index (χ0n) is 15.6. The smallest absolute Gasteiger partial charge is 0.339 e. The molecule has 0 aliphatic rings. The molecule has 0 amide bonds. The van der Waals surface area contributed by atoms with E-state index in [1.165, 1.54) is 18.2 Å². The van der Waals surface area contributed by atoms with Crippen molar-refractivity contribution in [3.05, 3.63) is 87.1 Å². The van der Waals surface area contributed by atoms with Crippen molar-refractivity contribution in [2.24, 2.45) is 0 Å².